The van der Waals surface area contributed by atoms with Gasteiger partial charge in [-0.2, -0.15) is 0 Å². The van der Waals surface area contributed by atoms with Crippen molar-refractivity contribution in [1.82, 2.24) is 0 Å². The molecule has 1 saturated carbocycles. The topological polar surface area (TPSA) is 37.4 Å². The summed E-state index contributed by atoms with van der Waals surface area (Å²) in [4.78, 5) is 28.1. The first-order valence-corrected chi connectivity index (χ1v) is 10.2. The summed E-state index contributed by atoms with van der Waals surface area (Å²) in [6.45, 7) is 4.17. The number of carbonyl (C=O) groups is 2. The molecular weight excluding hydrogens is 334 g/mol. The molecule has 140 valence electrons. The minimum Gasteiger partial charge on any atom is -0.274 e. The summed E-state index contributed by atoms with van der Waals surface area (Å²) >= 11 is 0. The van der Waals surface area contributed by atoms with Gasteiger partial charge in [-0.1, -0.05) is 62.4 Å². The Morgan fingerprint density at radius 1 is 0.815 bits per heavy atom. The normalized spacial score (nSPS) is 25.0. The second-order valence-corrected chi connectivity index (χ2v) is 7.78. The molecule has 27 heavy (non-hydrogen) atoms. The van der Waals surface area contributed by atoms with Gasteiger partial charge in [-0.15, -0.1) is 0 Å². The maximum Gasteiger partial charge on any atom is 0.237 e. The van der Waals surface area contributed by atoms with Crippen molar-refractivity contribution in [2.45, 2.75) is 51.9 Å². The number of anilines is 1. The Hall–Kier alpha value is -2.42. The van der Waals surface area contributed by atoms with E-state index in [2.05, 4.69) is 38.1 Å². The highest BCUT2D eigenvalue weighted by Gasteiger charge is 2.51. The number of aryl methyl sites for hydroxylation is 2. The Kier molecular flexibility index (Phi) is 4.86. The van der Waals surface area contributed by atoms with Crippen molar-refractivity contribution in [3.05, 3.63) is 65.2 Å². The molecule has 1 aliphatic heterocycles. The summed E-state index contributed by atoms with van der Waals surface area (Å²) in [6, 6.07) is 16.5. The van der Waals surface area contributed by atoms with Crippen LogP contribution in [0.3, 0.4) is 0 Å². The van der Waals surface area contributed by atoms with Gasteiger partial charge in [0.1, 0.15) is 0 Å². The van der Waals surface area contributed by atoms with Crippen LogP contribution in [0.25, 0.3) is 0 Å². The van der Waals surface area contributed by atoms with Gasteiger partial charge in [0.25, 0.3) is 0 Å². The largest absolute Gasteiger partial charge is 0.274 e. The van der Waals surface area contributed by atoms with E-state index in [1.165, 1.54) is 5.56 Å². The van der Waals surface area contributed by atoms with E-state index in [1.54, 1.807) is 4.90 Å². The molecule has 0 N–H and O–H groups in total. The zero-order valence-electron chi connectivity index (χ0n) is 16.2. The average Bonchev–Trinajstić information content (AvgIpc) is 2.97. The van der Waals surface area contributed by atoms with Crippen LogP contribution in [-0.4, -0.2) is 11.8 Å². The predicted molar refractivity (Wildman–Crippen MR) is 108 cm³/mol. The molecule has 1 aliphatic carbocycles. The third-order valence-electron chi connectivity index (χ3n) is 6.38. The monoisotopic (exact) mass is 361 g/mol. The molecule has 2 aromatic carbocycles. The molecule has 0 unspecified atom stereocenters. The van der Waals surface area contributed by atoms with Crippen LogP contribution in [0, 0.1) is 11.8 Å². The summed E-state index contributed by atoms with van der Waals surface area (Å²) < 4.78 is 0. The van der Waals surface area contributed by atoms with E-state index < -0.39 is 0 Å². The van der Waals surface area contributed by atoms with Crippen molar-refractivity contribution in [3.63, 3.8) is 0 Å². The van der Waals surface area contributed by atoms with Crippen LogP contribution < -0.4 is 4.90 Å². The van der Waals surface area contributed by atoms with Gasteiger partial charge >= 0.3 is 0 Å². The minimum atomic E-state index is -0.175. The average molecular weight is 361 g/mol. The van der Waals surface area contributed by atoms with Crippen LogP contribution in [-0.2, 0) is 22.4 Å². The maximum atomic E-state index is 13.4. The van der Waals surface area contributed by atoms with Crippen molar-refractivity contribution < 1.29 is 9.59 Å². The Morgan fingerprint density at radius 3 is 2.07 bits per heavy atom. The lowest BCUT2D eigenvalue weighted by atomic mass is 9.73. The number of para-hydroxylation sites is 1. The van der Waals surface area contributed by atoms with Gasteiger partial charge in [0.15, 0.2) is 0 Å². The number of hydrogen-bond donors (Lipinski definition) is 0. The molecule has 0 spiro atoms. The molecule has 2 aliphatic rings. The van der Waals surface area contributed by atoms with E-state index in [-0.39, 0.29) is 23.7 Å². The van der Waals surface area contributed by atoms with Gasteiger partial charge in [0.05, 0.1) is 17.5 Å². The highest BCUT2D eigenvalue weighted by atomic mass is 16.2. The lowest BCUT2D eigenvalue weighted by Gasteiger charge is -2.28. The number of fused-ring (bicyclic) bond motifs is 1. The van der Waals surface area contributed by atoms with Gasteiger partial charge in [0.2, 0.25) is 11.8 Å². The fourth-order valence-corrected chi connectivity index (χ4v) is 4.93. The molecular formula is C24H27NO2. The van der Waals surface area contributed by atoms with E-state index >= 15 is 0 Å². The van der Waals surface area contributed by atoms with Crippen LogP contribution in [0.15, 0.2) is 48.5 Å². The Morgan fingerprint density at radius 2 is 1.44 bits per heavy atom. The molecule has 0 radical (unpaired) electrons. The Bertz CT molecular complexity index is 836. The summed E-state index contributed by atoms with van der Waals surface area (Å²) in [6.07, 6.45) is 4.21. The SMILES string of the molecule is CCc1cccc(CC)c1N1C(=O)[C@H]2C[C@@H](c3ccccc3)CC[C@H]2C1=O. The zero-order chi connectivity index (χ0) is 19.0. The number of rotatable bonds is 4. The van der Waals surface area contributed by atoms with Crippen molar-refractivity contribution in [1.29, 1.82) is 0 Å². The maximum absolute atomic E-state index is 13.4. The smallest absolute Gasteiger partial charge is 0.237 e. The van der Waals surface area contributed by atoms with Gasteiger partial charge in [-0.05, 0) is 54.7 Å². The molecule has 1 heterocycles. The highest BCUT2D eigenvalue weighted by Crippen LogP contribution is 2.46. The number of hydrogen-bond acceptors (Lipinski definition) is 2. The lowest BCUT2D eigenvalue weighted by Crippen LogP contribution is -2.32. The Balaban J connectivity index is 1.68. The van der Waals surface area contributed by atoms with Crippen LogP contribution in [0.2, 0.25) is 0 Å². The van der Waals surface area contributed by atoms with Crippen molar-refractivity contribution in [2.75, 3.05) is 4.90 Å². The number of imide groups is 1. The number of amides is 2. The molecule has 2 aromatic rings. The van der Waals surface area contributed by atoms with E-state index in [1.807, 2.05) is 24.3 Å². The lowest BCUT2D eigenvalue weighted by molar-refractivity contribution is -0.122. The first-order chi connectivity index (χ1) is 13.2. The summed E-state index contributed by atoms with van der Waals surface area (Å²) in [5, 5.41) is 0. The van der Waals surface area contributed by atoms with E-state index in [9.17, 15) is 9.59 Å². The summed E-state index contributed by atoms with van der Waals surface area (Å²) in [5.74, 6) is 0.0858. The van der Waals surface area contributed by atoms with Gasteiger partial charge < -0.3 is 0 Å². The van der Waals surface area contributed by atoms with Crippen molar-refractivity contribution in [3.8, 4) is 0 Å². The first kappa shape index (κ1) is 18.0. The second kappa shape index (κ2) is 7.30. The molecule has 0 aromatic heterocycles. The fraction of sp³-hybridized carbons (Fsp3) is 0.417. The molecule has 3 heteroatoms. The Labute approximate surface area is 161 Å². The van der Waals surface area contributed by atoms with Crippen LogP contribution >= 0.6 is 0 Å². The number of carbonyl (C=O) groups excluding carboxylic acids is 2. The highest BCUT2D eigenvalue weighted by molar-refractivity contribution is 6.22. The fourth-order valence-electron chi connectivity index (χ4n) is 4.93. The van der Waals surface area contributed by atoms with E-state index in [4.69, 9.17) is 0 Å². The van der Waals surface area contributed by atoms with Gasteiger partial charge in [0, 0.05) is 0 Å². The van der Waals surface area contributed by atoms with Crippen LogP contribution in [0.1, 0.15) is 55.7 Å². The molecule has 1 saturated heterocycles. The molecule has 2 fully saturated rings. The number of benzene rings is 2. The summed E-state index contributed by atoms with van der Waals surface area (Å²) in [7, 11) is 0. The number of nitrogens with zero attached hydrogens (tertiary/aromatic N) is 1. The predicted octanol–water partition coefficient (Wildman–Crippen LogP) is 4.88. The third-order valence-corrected chi connectivity index (χ3v) is 6.38. The standard InChI is InChI=1S/C24H27NO2/c1-3-16-11-8-12-17(4-2)22(16)25-23(26)20-14-13-19(15-21(20)24(25)27)18-9-6-5-7-10-18/h5-12,19-21H,3-4,13-15H2,1-2H3/t19-,20+,21-/m0/s1. The summed E-state index contributed by atoms with van der Waals surface area (Å²) in [5.41, 5.74) is 4.34. The van der Waals surface area contributed by atoms with Crippen LogP contribution in [0.4, 0.5) is 5.69 Å². The third kappa shape index (κ3) is 2.99. The first-order valence-electron chi connectivity index (χ1n) is 10.2. The van der Waals surface area contributed by atoms with Gasteiger partial charge in [-0.25, -0.2) is 4.90 Å². The quantitative estimate of drug-likeness (QED) is 0.728. The minimum absolute atomic E-state index is 0.0150. The van der Waals surface area contributed by atoms with Gasteiger partial charge in [-0.3, -0.25) is 9.59 Å². The molecule has 2 amide bonds. The molecule has 4 rings (SSSR count). The van der Waals surface area contributed by atoms with E-state index in [0.29, 0.717) is 5.92 Å². The molecule has 3 nitrogen and oxygen atoms in total. The zero-order valence-corrected chi connectivity index (χ0v) is 16.2. The molecule has 3 atom stereocenters. The van der Waals surface area contributed by atoms with Crippen molar-refractivity contribution in [2.24, 2.45) is 11.8 Å². The van der Waals surface area contributed by atoms with Crippen molar-refractivity contribution >= 4 is 17.5 Å². The van der Waals surface area contributed by atoms with E-state index in [0.717, 1.165) is 48.9 Å². The molecule has 0 bridgehead atoms. The van der Waals surface area contributed by atoms with Crippen LogP contribution in [0.5, 0.6) is 0 Å². The second-order valence-electron chi connectivity index (χ2n) is 7.78.